The quantitative estimate of drug-likeness (QED) is 0.576. The van der Waals surface area contributed by atoms with Crippen LogP contribution in [0.1, 0.15) is 16.7 Å². The average Bonchev–Trinajstić information content (AvgIpc) is 2.38. The number of hydrogen-bond donors (Lipinski definition) is 0. The Bertz CT molecular complexity index is 474. The first-order valence-electron chi connectivity index (χ1n) is 5.60. The van der Waals surface area contributed by atoms with E-state index in [0.29, 0.717) is 6.61 Å². The second kappa shape index (κ2) is 5.85. The number of aryl methyl sites for hydroxylation is 1. The van der Waals surface area contributed by atoms with Crippen LogP contribution in [-0.4, -0.2) is 6.21 Å². The minimum atomic E-state index is 0.503. The molecule has 86 valence electrons. The van der Waals surface area contributed by atoms with Crippen molar-refractivity contribution in [3.63, 3.8) is 0 Å². The first kappa shape index (κ1) is 11.4. The first-order chi connectivity index (χ1) is 8.34. The molecule has 0 radical (unpaired) electrons. The van der Waals surface area contributed by atoms with Gasteiger partial charge in [-0.3, -0.25) is 0 Å². The lowest BCUT2D eigenvalue weighted by atomic mass is 10.2. The topological polar surface area (TPSA) is 21.6 Å². The Labute approximate surface area is 102 Å². The standard InChI is InChI=1S/C15H15NO/c1-13-7-9-14(10-8-13)11-16-17-12-15-5-3-2-4-6-15/h2-11H,12H2,1H3. The van der Waals surface area contributed by atoms with Crippen LogP contribution in [0.4, 0.5) is 0 Å². The molecular weight excluding hydrogens is 210 g/mol. The molecular formula is C15H15NO. The summed E-state index contributed by atoms with van der Waals surface area (Å²) in [6.07, 6.45) is 1.72. The predicted molar refractivity (Wildman–Crippen MR) is 70.0 cm³/mol. The van der Waals surface area contributed by atoms with Crippen LogP contribution >= 0.6 is 0 Å². The average molecular weight is 225 g/mol. The van der Waals surface area contributed by atoms with Crippen LogP contribution in [0, 0.1) is 6.92 Å². The van der Waals surface area contributed by atoms with Gasteiger partial charge in [-0.05, 0) is 18.1 Å². The Morgan fingerprint density at radius 1 is 1.00 bits per heavy atom. The van der Waals surface area contributed by atoms with Crippen LogP contribution in [0.5, 0.6) is 0 Å². The molecule has 0 bridgehead atoms. The second-order valence-electron chi connectivity index (χ2n) is 3.90. The lowest BCUT2D eigenvalue weighted by Gasteiger charge is -1.99. The molecule has 0 aliphatic rings. The van der Waals surface area contributed by atoms with Gasteiger partial charge in [0.2, 0.25) is 0 Å². The van der Waals surface area contributed by atoms with Crippen molar-refractivity contribution in [1.82, 2.24) is 0 Å². The maximum absolute atomic E-state index is 5.22. The van der Waals surface area contributed by atoms with Gasteiger partial charge in [0.25, 0.3) is 0 Å². The van der Waals surface area contributed by atoms with Gasteiger partial charge in [-0.15, -0.1) is 0 Å². The van der Waals surface area contributed by atoms with E-state index in [1.165, 1.54) is 5.56 Å². The molecule has 0 amide bonds. The maximum atomic E-state index is 5.22. The molecule has 2 aromatic rings. The zero-order valence-electron chi connectivity index (χ0n) is 9.84. The van der Waals surface area contributed by atoms with Gasteiger partial charge in [-0.25, -0.2) is 0 Å². The van der Waals surface area contributed by atoms with E-state index in [1.807, 2.05) is 42.5 Å². The van der Waals surface area contributed by atoms with Crippen molar-refractivity contribution in [1.29, 1.82) is 0 Å². The predicted octanol–water partition coefficient (Wildman–Crippen LogP) is 3.55. The van der Waals surface area contributed by atoms with Crippen molar-refractivity contribution in [3.05, 3.63) is 71.3 Å². The Morgan fingerprint density at radius 3 is 2.41 bits per heavy atom. The molecule has 0 aromatic heterocycles. The molecule has 0 unspecified atom stereocenters. The van der Waals surface area contributed by atoms with E-state index in [2.05, 4.69) is 24.2 Å². The Morgan fingerprint density at radius 2 is 1.71 bits per heavy atom. The molecule has 0 spiro atoms. The number of oxime groups is 1. The largest absolute Gasteiger partial charge is 0.391 e. The summed E-state index contributed by atoms with van der Waals surface area (Å²) in [6, 6.07) is 18.1. The molecule has 0 N–H and O–H groups in total. The summed E-state index contributed by atoms with van der Waals surface area (Å²) < 4.78 is 0. The van der Waals surface area contributed by atoms with Gasteiger partial charge in [-0.2, -0.15) is 0 Å². The number of benzene rings is 2. The summed E-state index contributed by atoms with van der Waals surface area (Å²) in [5, 5.41) is 3.94. The Balaban J connectivity index is 1.84. The van der Waals surface area contributed by atoms with Crippen molar-refractivity contribution < 1.29 is 4.84 Å². The zero-order valence-corrected chi connectivity index (χ0v) is 9.84. The molecule has 2 rings (SSSR count). The lowest BCUT2D eigenvalue weighted by molar-refractivity contribution is 0.132. The van der Waals surface area contributed by atoms with Crippen molar-refractivity contribution in [2.75, 3.05) is 0 Å². The molecule has 0 heterocycles. The van der Waals surface area contributed by atoms with Crippen LogP contribution in [0.25, 0.3) is 0 Å². The number of rotatable bonds is 4. The third-order valence-corrected chi connectivity index (χ3v) is 2.43. The normalized spacial score (nSPS) is 10.6. The molecule has 0 aliphatic carbocycles. The summed E-state index contributed by atoms with van der Waals surface area (Å²) in [5.74, 6) is 0. The van der Waals surface area contributed by atoms with Gasteiger partial charge in [0, 0.05) is 0 Å². The zero-order chi connectivity index (χ0) is 11.9. The molecule has 0 saturated heterocycles. The van der Waals surface area contributed by atoms with Crippen LogP contribution in [-0.2, 0) is 11.4 Å². The second-order valence-corrected chi connectivity index (χ2v) is 3.90. The summed E-state index contributed by atoms with van der Waals surface area (Å²) in [6.45, 7) is 2.57. The minimum Gasteiger partial charge on any atom is -0.391 e. The summed E-state index contributed by atoms with van der Waals surface area (Å²) in [4.78, 5) is 5.22. The molecule has 0 fully saturated rings. The monoisotopic (exact) mass is 225 g/mol. The summed E-state index contributed by atoms with van der Waals surface area (Å²) >= 11 is 0. The van der Waals surface area contributed by atoms with Crippen molar-refractivity contribution >= 4 is 6.21 Å². The van der Waals surface area contributed by atoms with Gasteiger partial charge < -0.3 is 4.84 Å². The molecule has 2 heteroatoms. The van der Waals surface area contributed by atoms with Gasteiger partial charge in [0.05, 0.1) is 6.21 Å². The fourth-order valence-electron chi connectivity index (χ4n) is 1.44. The minimum absolute atomic E-state index is 0.503. The van der Waals surface area contributed by atoms with Crippen LogP contribution in [0.2, 0.25) is 0 Å². The van der Waals surface area contributed by atoms with Gasteiger partial charge in [0.15, 0.2) is 0 Å². The fraction of sp³-hybridized carbons (Fsp3) is 0.133. The SMILES string of the molecule is Cc1ccc(C=NOCc2ccccc2)cc1. The number of hydrogen-bond acceptors (Lipinski definition) is 2. The van der Waals surface area contributed by atoms with Crippen LogP contribution in [0.3, 0.4) is 0 Å². The van der Waals surface area contributed by atoms with Crippen molar-refractivity contribution in [3.8, 4) is 0 Å². The summed E-state index contributed by atoms with van der Waals surface area (Å²) in [7, 11) is 0. The smallest absolute Gasteiger partial charge is 0.142 e. The van der Waals surface area contributed by atoms with E-state index < -0.39 is 0 Å². The molecule has 2 aromatic carbocycles. The van der Waals surface area contributed by atoms with Crippen molar-refractivity contribution in [2.45, 2.75) is 13.5 Å². The highest BCUT2D eigenvalue weighted by atomic mass is 16.6. The van der Waals surface area contributed by atoms with E-state index in [4.69, 9.17) is 4.84 Å². The van der Waals surface area contributed by atoms with E-state index in [1.54, 1.807) is 6.21 Å². The lowest BCUT2D eigenvalue weighted by Crippen LogP contribution is -1.87. The third kappa shape index (κ3) is 3.76. The van der Waals surface area contributed by atoms with Crippen LogP contribution in [0.15, 0.2) is 59.8 Å². The van der Waals surface area contributed by atoms with Gasteiger partial charge >= 0.3 is 0 Å². The molecule has 0 aliphatic heterocycles. The summed E-state index contributed by atoms with van der Waals surface area (Å²) in [5.41, 5.74) is 3.41. The molecule has 0 saturated carbocycles. The molecule has 17 heavy (non-hydrogen) atoms. The van der Waals surface area contributed by atoms with E-state index in [0.717, 1.165) is 11.1 Å². The maximum Gasteiger partial charge on any atom is 0.142 e. The third-order valence-electron chi connectivity index (χ3n) is 2.43. The highest BCUT2D eigenvalue weighted by Gasteiger charge is 1.90. The molecule has 2 nitrogen and oxygen atoms in total. The Kier molecular flexibility index (Phi) is 3.92. The molecule has 0 atom stereocenters. The highest BCUT2D eigenvalue weighted by molar-refractivity contribution is 5.79. The fourth-order valence-corrected chi connectivity index (χ4v) is 1.44. The number of nitrogens with zero attached hydrogens (tertiary/aromatic N) is 1. The van der Waals surface area contributed by atoms with E-state index in [9.17, 15) is 0 Å². The Hall–Kier alpha value is -2.09. The van der Waals surface area contributed by atoms with E-state index >= 15 is 0 Å². The van der Waals surface area contributed by atoms with Gasteiger partial charge in [-0.1, -0.05) is 65.3 Å². The highest BCUT2D eigenvalue weighted by Crippen LogP contribution is 2.02. The van der Waals surface area contributed by atoms with Crippen LogP contribution < -0.4 is 0 Å². The van der Waals surface area contributed by atoms with Crippen molar-refractivity contribution in [2.24, 2.45) is 5.16 Å². The first-order valence-corrected chi connectivity index (χ1v) is 5.60. The van der Waals surface area contributed by atoms with Gasteiger partial charge in [0.1, 0.15) is 6.61 Å². The van der Waals surface area contributed by atoms with E-state index in [-0.39, 0.29) is 0 Å².